The van der Waals surface area contributed by atoms with Gasteiger partial charge in [0.05, 0.1) is 6.61 Å². The molecule has 1 aromatic heterocycles. The van der Waals surface area contributed by atoms with Crippen LogP contribution in [0.3, 0.4) is 0 Å². The lowest BCUT2D eigenvalue weighted by Gasteiger charge is -2.31. The summed E-state index contributed by atoms with van der Waals surface area (Å²) in [5.74, 6) is 0. The molecule has 23 heavy (non-hydrogen) atoms. The highest BCUT2D eigenvalue weighted by Gasteiger charge is 2.47. The third-order valence-corrected chi connectivity index (χ3v) is 3.84. The second-order valence-corrected chi connectivity index (χ2v) is 5.15. The van der Waals surface area contributed by atoms with Crippen LogP contribution >= 0.6 is 0 Å². The molecule has 0 unspecified atom stereocenters. The second kappa shape index (κ2) is 7.34. The van der Waals surface area contributed by atoms with E-state index < -0.39 is 54.6 Å². The Kier molecular flexibility index (Phi) is 5.68. The summed E-state index contributed by atoms with van der Waals surface area (Å²) >= 11 is 0. The molecule has 1 fully saturated rings. The Bertz CT molecular complexity index is 629. The van der Waals surface area contributed by atoms with Gasteiger partial charge in [-0.2, -0.15) is 0 Å². The molecule has 4 N–H and O–H groups in total. The molecule has 0 spiro atoms. The summed E-state index contributed by atoms with van der Waals surface area (Å²) in [5, 5.41) is 29.7. The van der Waals surface area contributed by atoms with Gasteiger partial charge in [-0.3, -0.25) is 14.3 Å². The summed E-state index contributed by atoms with van der Waals surface area (Å²) in [6.07, 6.45) is -6.00. The lowest BCUT2D eigenvalue weighted by molar-refractivity contribution is -0.164. The Morgan fingerprint density at radius 2 is 1.87 bits per heavy atom. The van der Waals surface area contributed by atoms with Crippen molar-refractivity contribution in [3.63, 3.8) is 0 Å². The predicted octanol–water partition coefficient (Wildman–Crippen LogP) is -2.82. The summed E-state index contributed by atoms with van der Waals surface area (Å²) in [4.78, 5) is 25.3. The standard InChI is InChI=1S/C13H20N2O8/c1-21-10-9(19)8(18)6(5-16)23-12(11(10)22-2)15-4-3-7(17)14-13(15)20/h3-4,6,8-12,16,18-19H,5H2,1-2H3,(H,14,17,20)/t6-,8-,9-,10-,11-,12-/m1/s1. The summed E-state index contributed by atoms with van der Waals surface area (Å²) in [7, 11) is 2.63. The highest BCUT2D eigenvalue weighted by atomic mass is 16.6. The fraction of sp³-hybridized carbons (Fsp3) is 0.692. The van der Waals surface area contributed by atoms with Crippen molar-refractivity contribution in [1.29, 1.82) is 0 Å². The summed E-state index contributed by atoms with van der Waals surface area (Å²) in [6.45, 7) is -0.598. The molecule has 1 aliphatic heterocycles. The Balaban J connectivity index is 2.52. The van der Waals surface area contributed by atoms with Crippen LogP contribution in [0.15, 0.2) is 21.9 Å². The largest absolute Gasteiger partial charge is 0.394 e. The second-order valence-electron chi connectivity index (χ2n) is 5.15. The zero-order valence-corrected chi connectivity index (χ0v) is 12.7. The Hall–Kier alpha value is -1.56. The van der Waals surface area contributed by atoms with Gasteiger partial charge in [0.25, 0.3) is 5.56 Å². The first-order chi connectivity index (χ1) is 10.9. The van der Waals surface area contributed by atoms with E-state index in [1.807, 2.05) is 0 Å². The van der Waals surface area contributed by atoms with Crippen LogP contribution in [0.25, 0.3) is 0 Å². The van der Waals surface area contributed by atoms with Crippen LogP contribution in [0.4, 0.5) is 0 Å². The minimum atomic E-state index is -1.45. The van der Waals surface area contributed by atoms with Gasteiger partial charge in [-0.25, -0.2) is 4.79 Å². The van der Waals surface area contributed by atoms with Gasteiger partial charge in [-0.05, 0) is 0 Å². The Labute approximate surface area is 130 Å². The highest BCUT2D eigenvalue weighted by molar-refractivity contribution is 4.95. The molecule has 0 amide bonds. The van der Waals surface area contributed by atoms with Gasteiger partial charge in [0.15, 0.2) is 6.23 Å². The molecule has 0 saturated carbocycles. The van der Waals surface area contributed by atoms with Crippen molar-refractivity contribution < 1.29 is 29.5 Å². The van der Waals surface area contributed by atoms with E-state index in [9.17, 15) is 24.9 Å². The molecular weight excluding hydrogens is 312 g/mol. The minimum Gasteiger partial charge on any atom is -0.394 e. The van der Waals surface area contributed by atoms with Crippen molar-refractivity contribution in [2.45, 2.75) is 36.7 Å². The van der Waals surface area contributed by atoms with E-state index in [1.165, 1.54) is 20.4 Å². The average Bonchev–Trinajstić information content (AvgIpc) is 2.63. The number of aromatic nitrogens is 2. The van der Waals surface area contributed by atoms with Crippen LogP contribution in [0.2, 0.25) is 0 Å². The number of aliphatic hydroxyl groups is 3. The van der Waals surface area contributed by atoms with E-state index in [2.05, 4.69) is 4.98 Å². The van der Waals surface area contributed by atoms with Crippen molar-refractivity contribution in [2.75, 3.05) is 20.8 Å². The molecule has 2 rings (SSSR count). The first kappa shape index (κ1) is 17.8. The van der Waals surface area contributed by atoms with Crippen molar-refractivity contribution in [3.8, 4) is 0 Å². The molecule has 2 heterocycles. The maximum atomic E-state index is 12.0. The molecule has 0 aromatic carbocycles. The first-order valence-corrected chi connectivity index (χ1v) is 6.94. The Morgan fingerprint density at radius 1 is 1.22 bits per heavy atom. The van der Waals surface area contributed by atoms with Gasteiger partial charge < -0.3 is 29.5 Å². The Morgan fingerprint density at radius 3 is 2.39 bits per heavy atom. The normalized spacial score (nSPS) is 35.0. The van der Waals surface area contributed by atoms with E-state index in [0.29, 0.717) is 0 Å². The molecule has 0 aliphatic carbocycles. The quantitative estimate of drug-likeness (QED) is 0.462. The number of hydrogen-bond donors (Lipinski definition) is 4. The van der Waals surface area contributed by atoms with Gasteiger partial charge >= 0.3 is 5.69 Å². The van der Waals surface area contributed by atoms with Gasteiger partial charge in [-0.15, -0.1) is 0 Å². The third kappa shape index (κ3) is 3.37. The van der Waals surface area contributed by atoms with Crippen molar-refractivity contribution in [1.82, 2.24) is 9.55 Å². The number of aliphatic hydroxyl groups excluding tert-OH is 3. The number of H-pyrrole nitrogens is 1. The number of nitrogens with zero attached hydrogens (tertiary/aromatic N) is 1. The molecule has 1 saturated heterocycles. The fourth-order valence-corrected chi connectivity index (χ4v) is 2.63. The van der Waals surface area contributed by atoms with Crippen LogP contribution in [0, 0.1) is 0 Å². The highest BCUT2D eigenvalue weighted by Crippen LogP contribution is 2.29. The molecule has 10 heteroatoms. The molecular formula is C13H20N2O8. The number of hydrogen-bond acceptors (Lipinski definition) is 8. The third-order valence-electron chi connectivity index (χ3n) is 3.84. The van der Waals surface area contributed by atoms with E-state index in [4.69, 9.17) is 14.2 Å². The van der Waals surface area contributed by atoms with Gasteiger partial charge in [-0.1, -0.05) is 0 Å². The number of aromatic amines is 1. The predicted molar refractivity (Wildman–Crippen MR) is 75.9 cm³/mol. The number of methoxy groups -OCH3 is 2. The zero-order chi connectivity index (χ0) is 17.1. The number of rotatable bonds is 4. The minimum absolute atomic E-state index is 0.587. The maximum absolute atomic E-state index is 12.0. The van der Waals surface area contributed by atoms with E-state index in [0.717, 1.165) is 10.6 Å². The average molecular weight is 332 g/mol. The molecule has 0 radical (unpaired) electrons. The number of nitrogens with one attached hydrogen (secondary N) is 1. The SMILES string of the molecule is CO[C@@H]1[C@H](O)[C@H](O)[C@@H](CO)O[C@@H](n2ccc(=O)[nH]c2=O)[C@@H]1OC. The van der Waals surface area contributed by atoms with Crippen LogP contribution in [-0.2, 0) is 14.2 Å². The maximum Gasteiger partial charge on any atom is 0.330 e. The topological polar surface area (TPSA) is 143 Å². The van der Waals surface area contributed by atoms with Gasteiger partial charge in [0.1, 0.15) is 30.5 Å². The van der Waals surface area contributed by atoms with E-state index in [1.54, 1.807) is 0 Å². The van der Waals surface area contributed by atoms with Crippen molar-refractivity contribution >= 4 is 0 Å². The molecule has 10 nitrogen and oxygen atoms in total. The van der Waals surface area contributed by atoms with E-state index in [-0.39, 0.29) is 0 Å². The lowest BCUT2D eigenvalue weighted by atomic mass is 10.0. The van der Waals surface area contributed by atoms with Crippen LogP contribution in [-0.4, -0.2) is 76.2 Å². The first-order valence-electron chi connectivity index (χ1n) is 6.94. The van der Waals surface area contributed by atoms with Gasteiger partial charge in [0.2, 0.25) is 0 Å². The van der Waals surface area contributed by atoms with Gasteiger partial charge in [0, 0.05) is 26.5 Å². The summed E-state index contributed by atoms with van der Waals surface area (Å²) in [5.41, 5.74) is -1.35. The van der Waals surface area contributed by atoms with E-state index >= 15 is 0 Å². The molecule has 6 atom stereocenters. The lowest BCUT2D eigenvalue weighted by Crippen LogP contribution is -2.49. The zero-order valence-electron chi connectivity index (χ0n) is 12.7. The van der Waals surface area contributed by atoms with Crippen molar-refractivity contribution in [3.05, 3.63) is 33.1 Å². The molecule has 130 valence electrons. The summed E-state index contributed by atoms with van der Waals surface area (Å²) < 4.78 is 17.1. The molecule has 1 aliphatic rings. The van der Waals surface area contributed by atoms with Crippen LogP contribution in [0.5, 0.6) is 0 Å². The molecule has 0 bridgehead atoms. The number of ether oxygens (including phenoxy) is 3. The van der Waals surface area contributed by atoms with Crippen molar-refractivity contribution in [2.24, 2.45) is 0 Å². The molecule has 1 aromatic rings. The monoisotopic (exact) mass is 332 g/mol. The van der Waals surface area contributed by atoms with Crippen LogP contribution in [0.1, 0.15) is 6.23 Å². The van der Waals surface area contributed by atoms with Crippen LogP contribution < -0.4 is 11.2 Å². The fourth-order valence-electron chi connectivity index (χ4n) is 2.63. The summed E-state index contributed by atoms with van der Waals surface area (Å²) in [6, 6.07) is 1.12. The smallest absolute Gasteiger partial charge is 0.330 e.